The van der Waals surface area contributed by atoms with Gasteiger partial charge in [-0.15, -0.1) is 11.8 Å². The highest BCUT2D eigenvalue weighted by atomic mass is 32.2. The predicted molar refractivity (Wildman–Crippen MR) is 89.1 cm³/mol. The van der Waals surface area contributed by atoms with Gasteiger partial charge < -0.3 is 5.73 Å². The number of nitrogens with zero attached hydrogens (tertiary/aromatic N) is 1. The van der Waals surface area contributed by atoms with Gasteiger partial charge in [-0.05, 0) is 36.4 Å². The van der Waals surface area contributed by atoms with E-state index in [9.17, 15) is 22.8 Å². The van der Waals surface area contributed by atoms with Crippen LogP contribution in [0.2, 0.25) is 0 Å². The molecular weight excluding hydrogens is 353 g/mol. The summed E-state index contributed by atoms with van der Waals surface area (Å²) in [5.41, 5.74) is 5.24. The summed E-state index contributed by atoms with van der Waals surface area (Å²) in [6, 6.07) is 11.1. The Labute approximate surface area is 145 Å². The molecule has 3 rings (SSSR count). The Bertz CT molecular complexity index is 839. The van der Waals surface area contributed by atoms with Gasteiger partial charge in [0, 0.05) is 17.0 Å². The number of amides is 2. The van der Waals surface area contributed by atoms with Gasteiger partial charge in [-0.25, -0.2) is 4.90 Å². The van der Waals surface area contributed by atoms with Crippen molar-refractivity contribution in [2.45, 2.75) is 22.7 Å². The van der Waals surface area contributed by atoms with Crippen molar-refractivity contribution in [3.63, 3.8) is 0 Å². The van der Waals surface area contributed by atoms with E-state index < -0.39 is 28.8 Å². The lowest BCUT2D eigenvalue weighted by molar-refractivity contribution is -0.137. The van der Waals surface area contributed by atoms with Crippen LogP contribution in [0.15, 0.2) is 53.4 Å². The Kier molecular flexibility index (Phi) is 4.47. The number of imide groups is 1. The molecule has 2 aromatic rings. The van der Waals surface area contributed by atoms with Gasteiger partial charge in [-0.2, -0.15) is 13.2 Å². The average Bonchev–Trinajstić information content (AvgIpc) is 2.81. The molecule has 1 heterocycles. The van der Waals surface area contributed by atoms with Crippen LogP contribution in [-0.4, -0.2) is 17.1 Å². The van der Waals surface area contributed by atoms with Gasteiger partial charge >= 0.3 is 6.18 Å². The molecule has 2 N–H and O–H groups in total. The van der Waals surface area contributed by atoms with Crippen molar-refractivity contribution < 1.29 is 22.8 Å². The van der Waals surface area contributed by atoms with E-state index in [2.05, 4.69) is 0 Å². The van der Waals surface area contributed by atoms with Crippen molar-refractivity contribution in [3.8, 4) is 0 Å². The third-order valence-electron chi connectivity index (χ3n) is 3.67. The lowest BCUT2D eigenvalue weighted by Crippen LogP contribution is -2.31. The number of thioether (sulfide) groups is 1. The van der Waals surface area contributed by atoms with Crippen LogP contribution in [0.1, 0.15) is 12.0 Å². The number of hydrogen-bond acceptors (Lipinski definition) is 4. The van der Waals surface area contributed by atoms with Crippen LogP contribution in [0.3, 0.4) is 0 Å². The van der Waals surface area contributed by atoms with Gasteiger partial charge in [0.15, 0.2) is 0 Å². The van der Waals surface area contributed by atoms with Crippen LogP contribution in [0.25, 0.3) is 0 Å². The fraction of sp³-hybridized carbons (Fsp3) is 0.176. The number of halogens is 3. The molecule has 25 heavy (non-hydrogen) atoms. The molecule has 1 aliphatic rings. The van der Waals surface area contributed by atoms with Crippen LogP contribution < -0.4 is 10.6 Å². The van der Waals surface area contributed by atoms with Crippen molar-refractivity contribution in [2.75, 3.05) is 10.6 Å². The normalized spacial score (nSPS) is 18.0. The van der Waals surface area contributed by atoms with Crippen molar-refractivity contribution in [3.05, 3.63) is 54.1 Å². The molecule has 0 saturated carbocycles. The second-order valence-corrected chi connectivity index (χ2v) is 6.77. The van der Waals surface area contributed by atoms with Crippen molar-refractivity contribution in [2.24, 2.45) is 0 Å². The lowest BCUT2D eigenvalue weighted by atomic mass is 10.2. The van der Waals surface area contributed by atoms with Crippen LogP contribution in [0.5, 0.6) is 0 Å². The Balaban J connectivity index is 1.84. The van der Waals surface area contributed by atoms with Crippen LogP contribution in [-0.2, 0) is 15.8 Å². The van der Waals surface area contributed by atoms with Crippen LogP contribution >= 0.6 is 11.8 Å². The van der Waals surface area contributed by atoms with Gasteiger partial charge in [0.2, 0.25) is 11.8 Å². The predicted octanol–water partition coefficient (Wildman–Crippen LogP) is 3.71. The first-order valence-corrected chi connectivity index (χ1v) is 8.20. The first-order valence-electron chi connectivity index (χ1n) is 7.32. The second-order valence-electron chi connectivity index (χ2n) is 5.50. The molecule has 0 unspecified atom stereocenters. The summed E-state index contributed by atoms with van der Waals surface area (Å²) in [5, 5.41) is -0.691. The molecule has 0 aromatic heterocycles. The minimum atomic E-state index is -4.54. The highest BCUT2D eigenvalue weighted by molar-refractivity contribution is 8.00. The molecular formula is C17H13F3N2O2S. The molecule has 1 atom stereocenters. The van der Waals surface area contributed by atoms with Gasteiger partial charge in [-0.1, -0.05) is 12.1 Å². The number of carbonyl (C=O) groups excluding carboxylic acids is 2. The average molecular weight is 366 g/mol. The fourth-order valence-electron chi connectivity index (χ4n) is 2.54. The summed E-state index contributed by atoms with van der Waals surface area (Å²) in [5.74, 6) is -1.05. The highest BCUT2D eigenvalue weighted by Gasteiger charge is 2.41. The summed E-state index contributed by atoms with van der Waals surface area (Å²) in [6.45, 7) is 0. The molecule has 0 spiro atoms. The van der Waals surface area contributed by atoms with E-state index in [1.165, 1.54) is 23.9 Å². The molecule has 0 bridgehead atoms. The summed E-state index contributed by atoms with van der Waals surface area (Å²) in [7, 11) is 0. The first-order chi connectivity index (χ1) is 11.8. The second kappa shape index (κ2) is 6.44. The monoisotopic (exact) mass is 366 g/mol. The number of alkyl halides is 3. The first kappa shape index (κ1) is 17.3. The van der Waals surface area contributed by atoms with E-state index >= 15 is 0 Å². The Morgan fingerprint density at radius 1 is 1.08 bits per heavy atom. The molecule has 1 fully saturated rings. The number of anilines is 2. The molecule has 1 aliphatic heterocycles. The molecule has 4 nitrogen and oxygen atoms in total. The van der Waals surface area contributed by atoms with E-state index in [4.69, 9.17) is 5.73 Å². The summed E-state index contributed by atoms with van der Waals surface area (Å²) < 4.78 is 38.5. The standard InChI is InChI=1S/C17H13F3N2O2S/c18-17(19,20)10-3-1-5-12(7-10)22-15(23)9-14(16(22)24)25-13-6-2-4-11(21)8-13/h1-8,14H,9,21H2/t14-/m0/s1. The van der Waals surface area contributed by atoms with E-state index in [1.807, 2.05) is 0 Å². The van der Waals surface area contributed by atoms with E-state index in [0.717, 1.165) is 21.9 Å². The van der Waals surface area contributed by atoms with Gasteiger partial charge in [-0.3, -0.25) is 9.59 Å². The molecule has 0 radical (unpaired) electrons. The Morgan fingerprint density at radius 2 is 1.80 bits per heavy atom. The molecule has 0 aliphatic carbocycles. The zero-order valence-corrected chi connectivity index (χ0v) is 13.6. The SMILES string of the molecule is Nc1cccc(S[C@H]2CC(=O)N(c3cccc(C(F)(F)F)c3)C2=O)c1. The van der Waals surface area contributed by atoms with Crippen LogP contribution in [0, 0.1) is 0 Å². The fourth-order valence-corrected chi connectivity index (χ4v) is 3.66. The van der Waals surface area contributed by atoms with Crippen molar-refractivity contribution in [1.29, 1.82) is 0 Å². The third-order valence-corrected chi connectivity index (χ3v) is 4.85. The zero-order chi connectivity index (χ0) is 18.2. The number of nitrogen functional groups attached to an aromatic ring is 1. The zero-order valence-electron chi connectivity index (χ0n) is 12.8. The van der Waals surface area contributed by atoms with Gasteiger partial charge in [0.25, 0.3) is 0 Å². The number of rotatable bonds is 3. The maximum absolute atomic E-state index is 12.8. The van der Waals surface area contributed by atoms with E-state index in [0.29, 0.717) is 5.69 Å². The quantitative estimate of drug-likeness (QED) is 0.664. The largest absolute Gasteiger partial charge is 0.416 e. The van der Waals surface area contributed by atoms with E-state index in [1.54, 1.807) is 24.3 Å². The number of nitrogens with two attached hydrogens (primary N) is 1. The maximum Gasteiger partial charge on any atom is 0.416 e. The number of hydrogen-bond donors (Lipinski definition) is 1. The van der Waals surface area contributed by atoms with Gasteiger partial charge in [0.05, 0.1) is 16.5 Å². The number of carbonyl (C=O) groups is 2. The molecule has 130 valence electrons. The van der Waals surface area contributed by atoms with Crippen LogP contribution in [0.4, 0.5) is 24.5 Å². The molecule has 2 aromatic carbocycles. The minimum Gasteiger partial charge on any atom is -0.399 e. The molecule has 1 saturated heterocycles. The number of benzene rings is 2. The van der Waals surface area contributed by atoms with Gasteiger partial charge in [0.1, 0.15) is 0 Å². The molecule has 2 amide bonds. The third kappa shape index (κ3) is 3.63. The Morgan fingerprint density at radius 3 is 2.48 bits per heavy atom. The molecule has 8 heteroatoms. The maximum atomic E-state index is 12.8. The van der Waals surface area contributed by atoms with E-state index in [-0.39, 0.29) is 12.1 Å². The van der Waals surface area contributed by atoms with Crippen molar-refractivity contribution >= 4 is 35.0 Å². The topological polar surface area (TPSA) is 63.4 Å². The summed E-state index contributed by atoms with van der Waals surface area (Å²) in [6.07, 6.45) is -4.62. The Hall–Kier alpha value is -2.48. The smallest absolute Gasteiger partial charge is 0.399 e. The highest BCUT2D eigenvalue weighted by Crippen LogP contribution is 2.36. The lowest BCUT2D eigenvalue weighted by Gasteiger charge is -2.17. The van der Waals surface area contributed by atoms with Crippen molar-refractivity contribution in [1.82, 2.24) is 0 Å². The minimum absolute atomic E-state index is 0.0690. The summed E-state index contributed by atoms with van der Waals surface area (Å²) >= 11 is 1.17. The summed E-state index contributed by atoms with van der Waals surface area (Å²) in [4.78, 5) is 26.3.